The van der Waals surface area contributed by atoms with Gasteiger partial charge in [-0.25, -0.2) is 14.2 Å². The maximum absolute atomic E-state index is 14.2. The van der Waals surface area contributed by atoms with Gasteiger partial charge in [0.1, 0.15) is 11.9 Å². The van der Waals surface area contributed by atoms with Crippen molar-refractivity contribution in [2.75, 3.05) is 13.1 Å². The fraction of sp³-hybridized carbons (Fsp3) is 0.360. The number of fused-ring (bicyclic) bond motifs is 1. The SMILES string of the molecule is CC(C)[C@H](NC(=O)O)C(=O)N[C@@H]1CN(C(=O)c2cccn3cncc23)CC[C@H]1c1cc(F)cc(Cl)c1. The molecule has 3 amide bonds. The number of nitrogens with zero attached hydrogens (tertiary/aromatic N) is 3. The van der Waals surface area contributed by atoms with Crippen LogP contribution in [-0.2, 0) is 4.79 Å². The van der Waals surface area contributed by atoms with Gasteiger partial charge in [0.15, 0.2) is 0 Å². The first-order chi connectivity index (χ1) is 17.1. The molecule has 2 aromatic heterocycles. The molecule has 0 saturated carbocycles. The molecule has 0 bridgehead atoms. The first-order valence-corrected chi connectivity index (χ1v) is 12.0. The molecule has 1 aliphatic heterocycles. The molecular formula is C25H27ClFN5O4. The Balaban J connectivity index is 1.63. The number of carboxylic acid groups (broad SMARTS) is 1. The van der Waals surface area contributed by atoms with E-state index in [-0.39, 0.29) is 29.3 Å². The Morgan fingerprint density at radius 3 is 2.72 bits per heavy atom. The van der Waals surface area contributed by atoms with Crippen molar-refractivity contribution < 1.29 is 23.9 Å². The third-order valence-corrected chi connectivity index (χ3v) is 6.67. The van der Waals surface area contributed by atoms with Crippen molar-refractivity contribution in [1.29, 1.82) is 0 Å². The maximum atomic E-state index is 14.2. The number of halogens is 2. The largest absolute Gasteiger partial charge is 0.465 e. The summed E-state index contributed by atoms with van der Waals surface area (Å²) in [6.07, 6.45) is 4.14. The molecule has 36 heavy (non-hydrogen) atoms. The molecule has 3 atom stereocenters. The zero-order valence-electron chi connectivity index (χ0n) is 19.8. The van der Waals surface area contributed by atoms with Gasteiger partial charge in [0.25, 0.3) is 5.91 Å². The van der Waals surface area contributed by atoms with Crippen LogP contribution in [0.3, 0.4) is 0 Å². The van der Waals surface area contributed by atoms with E-state index in [1.807, 2.05) is 0 Å². The molecule has 0 radical (unpaired) electrons. The highest BCUT2D eigenvalue weighted by molar-refractivity contribution is 6.30. The van der Waals surface area contributed by atoms with Gasteiger partial charge in [-0.3, -0.25) is 9.59 Å². The van der Waals surface area contributed by atoms with Crippen molar-refractivity contribution >= 4 is 35.0 Å². The monoisotopic (exact) mass is 515 g/mol. The van der Waals surface area contributed by atoms with E-state index in [4.69, 9.17) is 11.6 Å². The zero-order valence-corrected chi connectivity index (χ0v) is 20.6. The van der Waals surface area contributed by atoms with Gasteiger partial charge in [-0.15, -0.1) is 0 Å². The summed E-state index contributed by atoms with van der Waals surface area (Å²) in [4.78, 5) is 43.6. The van der Waals surface area contributed by atoms with E-state index in [2.05, 4.69) is 15.6 Å². The summed E-state index contributed by atoms with van der Waals surface area (Å²) in [5.41, 5.74) is 1.73. The minimum Gasteiger partial charge on any atom is -0.465 e. The Labute approximate surface area is 212 Å². The van der Waals surface area contributed by atoms with Crippen LogP contribution in [0, 0.1) is 11.7 Å². The normalized spacial score (nSPS) is 18.8. The Morgan fingerprint density at radius 2 is 2.03 bits per heavy atom. The van der Waals surface area contributed by atoms with Gasteiger partial charge in [0.05, 0.1) is 29.6 Å². The van der Waals surface area contributed by atoms with Crippen LogP contribution in [-0.4, -0.2) is 62.5 Å². The van der Waals surface area contributed by atoms with Crippen molar-refractivity contribution in [2.24, 2.45) is 5.92 Å². The molecule has 3 heterocycles. The molecule has 1 aliphatic rings. The molecule has 1 aromatic carbocycles. The van der Waals surface area contributed by atoms with Crippen molar-refractivity contribution in [3.63, 3.8) is 0 Å². The Bertz CT molecular complexity index is 1280. The van der Waals surface area contributed by atoms with Crippen LogP contribution in [0.25, 0.3) is 5.52 Å². The van der Waals surface area contributed by atoms with Crippen molar-refractivity contribution in [1.82, 2.24) is 24.9 Å². The minimum atomic E-state index is -1.31. The summed E-state index contributed by atoms with van der Waals surface area (Å²) in [5, 5.41) is 14.6. The third kappa shape index (κ3) is 5.43. The van der Waals surface area contributed by atoms with Crippen LogP contribution in [0.4, 0.5) is 9.18 Å². The number of nitrogens with one attached hydrogen (secondary N) is 2. The third-order valence-electron chi connectivity index (χ3n) is 6.45. The highest BCUT2D eigenvalue weighted by atomic mass is 35.5. The number of carbonyl (C=O) groups is 3. The van der Waals surface area contributed by atoms with E-state index in [9.17, 15) is 23.9 Å². The standard InChI is InChI=1S/C25H27ClFN5O4/c1-14(2)22(30-25(35)36)23(33)29-20-12-31(7-5-18(20)15-8-16(26)10-17(27)9-15)24(34)19-4-3-6-32-13-28-11-21(19)32/h3-4,6,8-11,13-14,18,20,22,30H,5,7,12H2,1-2H3,(H,29,33)(H,35,36)/t18-,20+,22-/m0/s1. The van der Waals surface area contributed by atoms with Crippen molar-refractivity contribution in [2.45, 2.75) is 38.3 Å². The van der Waals surface area contributed by atoms with Crippen LogP contribution in [0.2, 0.25) is 5.02 Å². The Kier molecular flexibility index (Phi) is 7.44. The number of carbonyl (C=O) groups excluding carboxylic acids is 2. The number of imidazole rings is 1. The van der Waals surface area contributed by atoms with E-state index in [0.29, 0.717) is 29.6 Å². The number of hydrogen-bond acceptors (Lipinski definition) is 4. The van der Waals surface area contributed by atoms with Gasteiger partial charge in [0, 0.05) is 30.2 Å². The fourth-order valence-corrected chi connectivity index (χ4v) is 4.94. The summed E-state index contributed by atoms with van der Waals surface area (Å²) in [6.45, 7) is 3.98. The van der Waals surface area contributed by atoms with E-state index in [0.717, 1.165) is 0 Å². The highest BCUT2D eigenvalue weighted by Gasteiger charge is 2.36. The quantitative estimate of drug-likeness (QED) is 0.464. The number of amides is 3. The summed E-state index contributed by atoms with van der Waals surface area (Å²) in [7, 11) is 0. The van der Waals surface area contributed by atoms with E-state index in [1.54, 1.807) is 60.1 Å². The smallest absolute Gasteiger partial charge is 0.405 e. The number of pyridine rings is 1. The van der Waals surface area contributed by atoms with Crippen molar-refractivity contribution in [3.05, 3.63) is 71.0 Å². The molecule has 3 aromatic rings. The molecule has 0 unspecified atom stereocenters. The summed E-state index contributed by atoms with van der Waals surface area (Å²) < 4.78 is 15.9. The molecule has 0 aliphatic carbocycles. The van der Waals surface area contributed by atoms with Crippen molar-refractivity contribution in [3.8, 4) is 0 Å². The van der Waals surface area contributed by atoms with Crippen LogP contribution in [0.15, 0.2) is 49.1 Å². The van der Waals surface area contributed by atoms with Gasteiger partial charge in [-0.2, -0.15) is 0 Å². The number of benzene rings is 1. The Morgan fingerprint density at radius 1 is 1.25 bits per heavy atom. The molecule has 3 N–H and O–H groups in total. The van der Waals surface area contributed by atoms with Crippen LogP contribution in [0.5, 0.6) is 0 Å². The second kappa shape index (κ2) is 10.5. The average molecular weight is 516 g/mol. The van der Waals surface area contributed by atoms with Crippen LogP contribution >= 0.6 is 11.6 Å². The van der Waals surface area contributed by atoms with Gasteiger partial charge >= 0.3 is 6.09 Å². The summed E-state index contributed by atoms with van der Waals surface area (Å²) in [6, 6.07) is 6.10. The second-order valence-electron chi connectivity index (χ2n) is 9.24. The summed E-state index contributed by atoms with van der Waals surface area (Å²) in [5.74, 6) is -1.89. The van der Waals surface area contributed by atoms with E-state index < -0.39 is 29.9 Å². The van der Waals surface area contributed by atoms with E-state index >= 15 is 0 Å². The molecule has 0 spiro atoms. The number of hydrogen-bond donors (Lipinski definition) is 3. The lowest BCUT2D eigenvalue weighted by molar-refractivity contribution is -0.125. The lowest BCUT2D eigenvalue weighted by Gasteiger charge is -2.40. The van der Waals surface area contributed by atoms with Crippen LogP contribution < -0.4 is 10.6 Å². The molecular weight excluding hydrogens is 489 g/mol. The lowest BCUT2D eigenvalue weighted by Crippen LogP contribution is -2.58. The Hall–Kier alpha value is -3.66. The molecule has 4 rings (SSSR count). The number of likely N-dealkylation sites (tertiary alicyclic amines) is 1. The van der Waals surface area contributed by atoms with Gasteiger partial charge < -0.3 is 25.0 Å². The highest BCUT2D eigenvalue weighted by Crippen LogP contribution is 2.32. The van der Waals surface area contributed by atoms with Crippen LogP contribution in [0.1, 0.15) is 42.1 Å². The molecule has 190 valence electrons. The number of piperidine rings is 1. The topological polar surface area (TPSA) is 116 Å². The van der Waals surface area contributed by atoms with Gasteiger partial charge in [-0.05, 0) is 48.2 Å². The number of rotatable bonds is 6. The minimum absolute atomic E-state index is 0.149. The molecule has 1 fully saturated rings. The van der Waals surface area contributed by atoms with Gasteiger partial charge in [-0.1, -0.05) is 25.4 Å². The lowest BCUT2D eigenvalue weighted by atomic mass is 9.84. The molecule has 9 nitrogen and oxygen atoms in total. The second-order valence-corrected chi connectivity index (χ2v) is 9.68. The molecule has 11 heteroatoms. The number of aromatic nitrogens is 2. The first-order valence-electron chi connectivity index (χ1n) is 11.6. The fourth-order valence-electron chi connectivity index (χ4n) is 4.71. The summed E-state index contributed by atoms with van der Waals surface area (Å²) >= 11 is 6.10. The predicted molar refractivity (Wildman–Crippen MR) is 132 cm³/mol. The zero-order chi connectivity index (χ0) is 26.0. The first kappa shape index (κ1) is 25.4. The predicted octanol–water partition coefficient (Wildman–Crippen LogP) is 3.53. The van der Waals surface area contributed by atoms with Gasteiger partial charge in [0.2, 0.25) is 5.91 Å². The molecule has 1 saturated heterocycles. The maximum Gasteiger partial charge on any atom is 0.405 e. The van der Waals surface area contributed by atoms with E-state index in [1.165, 1.54) is 12.1 Å². The average Bonchev–Trinajstić information content (AvgIpc) is 3.30.